The van der Waals surface area contributed by atoms with Gasteiger partial charge in [0.15, 0.2) is 5.60 Å². The third-order valence-electron chi connectivity index (χ3n) is 7.22. The van der Waals surface area contributed by atoms with Crippen molar-refractivity contribution < 1.29 is 19.0 Å². The minimum absolute atomic E-state index is 0.0403. The summed E-state index contributed by atoms with van der Waals surface area (Å²) >= 11 is 0. The summed E-state index contributed by atoms with van der Waals surface area (Å²) in [7, 11) is 1.37. The molecule has 0 saturated heterocycles. The molecule has 0 aliphatic carbocycles. The Bertz CT molecular complexity index is 1410. The number of methoxy groups -OCH3 is 1. The average Bonchev–Trinajstić information content (AvgIpc) is 2.94. The van der Waals surface area contributed by atoms with E-state index >= 15 is 0 Å². The van der Waals surface area contributed by atoms with Gasteiger partial charge in [0.05, 0.1) is 7.11 Å². The molecule has 0 saturated carbocycles. The summed E-state index contributed by atoms with van der Waals surface area (Å²) in [6, 6.07) is 31.3. The van der Waals surface area contributed by atoms with Gasteiger partial charge in [0.2, 0.25) is 0 Å². The number of para-hydroxylation sites is 1. The maximum atomic E-state index is 12.1. The van der Waals surface area contributed by atoms with Gasteiger partial charge in [-0.15, -0.1) is 0 Å². The second-order valence-electron chi connectivity index (χ2n) is 10.3. The van der Waals surface area contributed by atoms with Crippen molar-refractivity contribution in [3.05, 3.63) is 108 Å². The van der Waals surface area contributed by atoms with Crippen molar-refractivity contribution in [1.82, 2.24) is 5.32 Å². The maximum Gasteiger partial charge on any atom is 0.349 e. The number of ether oxygens (including phenoxy) is 3. The Kier molecular flexibility index (Phi) is 7.66. The van der Waals surface area contributed by atoms with Gasteiger partial charge in [-0.3, -0.25) is 0 Å². The van der Waals surface area contributed by atoms with E-state index in [1.165, 1.54) is 29.0 Å². The fourth-order valence-corrected chi connectivity index (χ4v) is 5.31. The van der Waals surface area contributed by atoms with E-state index in [9.17, 15) is 4.79 Å². The largest absolute Gasteiger partial charge is 0.489 e. The normalized spacial score (nSPS) is 16.9. The molecule has 0 aromatic heterocycles. The number of benzene rings is 4. The van der Waals surface area contributed by atoms with Crippen molar-refractivity contribution in [2.45, 2.75) is 44.3 Å². The standard InChI is InChI=1S/C33H35NO4/c1-33(2,32(35)36-3)38-26-14-9-13-25(20-26)30-21-27(37-31-17-7-6-16-29(30)31)22-34-19-18-24-12-8-11-23-10-4-5-15-28(23)24/h4-17,20,27,30,34H,18-19,21-22H2,1-3H3. The van der Waals surface area contributed by atoms with Crippen molar-refractivity contribution in [3.63, 3.8) is 0 Å². The topological polar surface area (TPSA) is 56.8 Å². The number of carbonyl (C=O) groups is 1. The monoisotopic (exact) mass is 509 g/mol. The van der Waals surface area contributed by atoms with E-state index in [0.29, 0.717) is 5.75 Å². The second kappa shape index (κ2) is 11.3. The Morgan fingerprint density at radius 1 is 0.974 bits per heavy atom. The van der Waals surface area contributed by atoms with Crippen LogP contribution in [0.5, 0.6) is 11.5 Å². The Morgan fingerprint density at radius 2 is 1.74 bits per heavy atom. The first-order chi connectivity index (χ1) is 18.4. The van der Waals surface area contributed by atoms with Gasteiger partial charge in [0.1, 0.15) is 17.6 Å². The van der Waals surface area contributed by atoms with Crippen LogP contribution >= 0.6 is 0 Å². The number of esters is 1. The summed E-state index contributed by atoms with van der Waals surface area (Å²) < 4.78 is 17.3. The summed E-state index contributed by atoms with van der Waals surface area (Å²) in [5, 5.41) is 6.23. The minimum Gasteiger partial charge on any atom is -0.489 e. The van der Waals surface area contributed by atoms with E-state index in [2.05, 4.69) is 66.0 Å². The van der Waals surface area contributed by atoms with E-state index in [-0.39, 0.29) is 12.0 Å². The molecule has 196 valence electrons. The van der Waals surface area contributed by atoms with Crippen LogP contribution in [0.3, 0.4) is 0 Å². The van der Waals surface area contributed by atoms with Gasteiger partial charge >= 0.3 is 5.97 Å². The Labute approximate surface area is 224 Å². The van der Waals surface area contributed by atoms with Gasteiger partial charge in [0.25, 0.3) is 0 Å². The molecule has 4 aromatic carbocycles. The van der Waals surface area contributed by atoms with Crippen molar-refractivity contribution >= 4 is 16.7 Å². The highest BCUT2D eigenvalue weighted by molar-refractivity contribution is 5.85. The summed E-state index contributed by atoms with van der Waals surface area (Å²) in [5.41, 5.74) is 2.59. The first-order valence-electron chi connectivity index (χ1n) is 13.2. The van der Waals surface area contributed by atoms with Crippen LogP contribution in [0.2, 0.25) is 0 Å². The number of fused-ring (bicyclic) bond motifs is 2. The number of hydrogen-bond donors (Lipinski definition) is 1. The smallest absolute Gasteiger partial charge is 0.349 e. The van der Waals surface area contributed by atoms with Crippen LogP contribution in [0.1, 0.15) is 42.9 Å². The molecule has 1 aliphatic heterocycles. The molecule has 1 N–H and O–H groups in total. The van der Waals surface area contributed by atoms with Crippen LogP contribution in [0, 0.1) is 0 Å². The highest BCUT2D eigenvalue weighted by atomic mass is 16.6. The van der Waals surface area contributed by atoms with Gasteiger partial charge in [-0.25, -0.2) is 4.79 Å². The second-order valence-corrected chi connectivity index (χ2v) is 10.3. The third kappa shape index (κ3) is 5.68. The van der Waals surface area contributed by atoms with Crippen LogP contribution in [-0.4, -0.2) is 37.9 Å². The highest BCUT2D eigenvalue weighted by Gasteiger charge is 2.32. The van der Waals surface area contributed by atoms with E-state index < -0.39 is 11.6 Å². The first-order valence-corrected chi connectivity index (χ1v) is 13.2. The van der Waals surface area contributed by atoms with Gasteiger partial charge in [-0.2, -0.15) is 0 Å². The van der Waals surface area contributed by atoms with Crippen molar-refractivity contribution in [2.24, 2.45) is 0 Å². The Balaban J connectivity index is 1.27. The third-order valence-corrected chi connectivity index (χ3v) is 7.22. The van der Waals surface area contributed by atoms with E-state index in [4.69, 9.17) is 14.2 Å². The zero-order valence-electron chi connectivity index (χ0n) is 22.3. The lowest BCUT2D eigenvalue weighted by molar-refractivity contribution is -0.156. The molecule has 0 spiro atoms. The summed E-state index contributed by atoms with van der Waals surface area (Å²) in [4.78, 5) is 12.1. The number of nitrogens with one attached hydrogen (secondary N) is 1. The summed E-state index contributed by atoms with van der Waals surface area (Å²) in [5.74, 6) is 1.32. The van der Waals surface area contributed by atoms with Crippen molar-refractivity contribution in [2.75, 3.05) is 20.2 Å². The van der Waals surface area contributed by atoms with Crippen LogP contribution < -0.4 is 14.8 Å². The first kappa shape index (κ1) is 25.8. The molecule has 5 rings (SSSR count). The summed E-state index contributed by atoms with van der Waals surface area (Å²) in [6.45, 7) is 5.08. The van der Waals surface area contributed by atoms with Gasteiger partial charge < -0.3 is 19.5 Å². The molecular weight excluding hydrogens is 474 g/mol. The van der Waals surface area contributed by atoms with Crippen molar-refractivity contribution in [1.29, 1.82) is 0 Å². The predicted octanol–water partition coefficient (Wildman–Crippen LogP) is 6.29. The molecule has 38 heavy (non-hydrogen) atoms. The van der Waals surface area contributed by atoms with E-state index in [0.717, 1.165) is 37.2 Å². The number of hydrogen-bond acceptors (Lipinski definition) is 5. The lowest BCUT2D eigenvalue weighted by Gasteiger charge is -2.33. The molecule has 5 heteroatoms. The Hall–Kier alpha value is -3.83. The highest BCUT2D eigenvalue weighted by Crippen LogP contribution is 2.41. The zero-order chi connectivity index (χ0) is 26.5. The lowest BCUT2D eigenvalue weighted by atomic mass is 9.84. The molecule has 5 nitrogen and oxygen atoms in total. The molecule has 1 aliphatic rings. The van der Waals surface area contributed by atoms with Crippen molar-refractivity contribution in [3.8, 4) is 11.5 Å². The molecule has 4 aromatic rings. The van der Waals surface area contributed by atoms with Crippen LogP contribution in [-0.2, 0) is 16.0 Å². The van der Waals surface area contributed by atoms with E-state index in [1.54, 1.807) is 13.8 Å². The van der Waals surface area contributed by atoms with Gasteiger partial charge in [0, 0.05) is 18.0 Å². The number of carbonyl (C=O) groups excluding carboxylic acids is 1. The molecule has 1 heterocycles. The fourth-order valence-electron chi connectivity index (χ4n) is 5.31. The minimum atomic E-state index is -1.07. The molecule has 0 radical (unpaired) electrons. The van der Waals surface area contributed by atoms with Crippen LogP contribution in [0.25, 0.3) is 10.8 Å². The molecule has 0 fully saturated rings. The zero-order valence-corrected chi connectivity index (χ0v) is 22.3. The predicted molar refractivity (Wildman–Crippen MR) is 151 cm³/mol. The molecule has 0 amide bonds. The number of rotatable bonds is 9. The van der Waals surface area contributed by atoms with E-state index in [1.807, 2.05) is 30.3 Å². The SMILES string of the molecule is COC(=O)C(C)(C)Oc1cccc(C2CC(CNCCc3cccc4ccccc34)Oc3ccccc32)c1. The maximum absolute atomic E-state index is 12.1. The molecule has 2 unspecified atom stereocenters. The molecule has 2 atom stereocenters. The van der Waals surface area contributed by atoms with Gasteiger partial charge in [-0.05, 0) is 73.3 Å². The summed E-state index contributed by atoms with van der Waals surface area (Å²) in [6.07, 6.45) is 1.85. The molecule has 0 bridgehead atoms. The molecular formula is C33H35NO4. The average molecular weight is 510 g/mol. The van der Waals surface area contributed by atoms with Crippen LogP contribution in [0.15, 0.2) is 91.0 Å². The fraction of sp³-hybridized carbons (Fsp3) is 0.303. The van der Waals surface area contributed by atoms with Gasteiger partial charge in [-0.1, -0.05) is 72.8 Å². The lowest BCUT2D eigenvalue weighted by Crippen LogP contribution is -2.39. The van der Waals surface area contributed by atoms with Crippen LogP contribution in [0.4, 0.5) is 0 Å². The Morgan fingerprint density at radius 3 is 2.61 bits per heavy atom. The quantitative estimate of drug-likeness (QED) is 0.212.